The molecule has 0 saturated heterocycles. The Morgan fingerprint density at radius 3 is 1.70 bits per heavy atom. The summed E-state index contributed by atoms with van der Waals surface area (Å²) < 4.78 is 12.6. The maximum atomic E-state index is 6.31. The van der Waals surface area contributed by atoms with Crippen LogP contribution in [0.25, 0.3) is 55.7 Å². The van der Waals surface area contributed by atoms with Crippen LogP contribution in [0.15, 0.2) is 118 Å². The molecule has 6 aromatic rings. The average Bonchev–Trinajstić information content (AvgIpc) is 3.43. The molecule has 0 amide bonds. The first-order valence-electron chi connectivity index (χ1n) is 10.0. The first-order valence-corrected chi connectivity index (χ1v) is 10.0. The summed E-state index contributed by atoms with van der Waals surface area (Å²) in [4.78, 5) is 0. The van der Waals surface area contributed by atoms with E-state index in [9.17, 15) is 0 Å². The highest BCUT2D eigenvalue weighted by molar-refractivity contribution is 5.96. The highest BCUT2D eigenvalue weighted by Gasteiger charge is 2.19. The number of rotatable bonds is 3. The Balaban J connectivity index is 1.66. The van der Waals surface area contributed by atoms with Gasteiger partial charge < -0.3 is 8.83 Å². The van der Waals surface area contributed by atoms with Crippen molar-refractivity contribution in [1.29, 1.82) is 0 Å². The quantitative estimate of drug-likeness (QED) is 0.306. The van der Waals surface area contributed by atoms with Gasteiger partial charge in [0.1, 0.15) is 22.7 Å². The molecule has 142 valence electrons. The van der Waals surface area contributed by atoms with E-state index in [1.165, 1.54) is 0 Å². The predicted molar refractivity (Wildman–Crippen MR) is 122 cm³/mol. The van der Waals surface area contributed by atoms with E-state index in [2.05, 4.69) is 66.7 Å². The lowest BCUT2D eigenvalue weighted by atomic mass is 9.92. The second-order valence-corrected chi connectivity index (χ2v) is 7.39. The minimum atomic E-state index is 0.837. The van der Waals surface area contributed by atoms with Crippen LogP contribution in [0.2, 0.25) is 0 Å². The molecular formula is C28H18O2. The van der Waals surface area contributed by atoms with E-state index in [4.69, 9.17) is 8.83 Å². The Kier molecular flexibility index (Phi) is 3.82. The maximum absolute atomic E-state index is 6.31. The summed E-state index contributed by atoms with van der Waals surface area (Å²) in [5, 5.41) is 2.18. The molecule has 2 heteroatoms. The van der Waals surface area contributed by atoms with Crippen LogP contribution in [0, 0.1) is 0 Å². The summed E-state index contributed by atoms with van der Waals surface area (Å²) in [6.45, 7) is 0. The van der Waals surface area contributed by atoms with Crippen molar-refractivity contribution >= 4 is 21.9 Å². The normalized spacial score (nSPS) is 11.3. The van der Waals surface area contributed by atoms with Gasteiger partial charge in [-0.05, 0) is 35.4 Å². The molecule has 6 rings (SSSR count). The molecule has 0 spiro atoms. The van der Waals surface area contributed by atoms with Gasteiger partial charge in [0.2, 0.25) is 0 Å². The van der Waals surface area contributed by atoms with Gasteiger partial charge in [-0.1, -0.05) is 84.9 Å². The summed E-state index contributed by atoms with van der Waals surface area (Å²) in [6.07, 6.45) is 0. The molecule has 0 fully saturated rings. The molecule has 0 aliphatic heterocycles. The van der Waals surface area contributed by atoms with E-state index in [1.54, 1.807) is 0 Å². The molecule has 0 saturated carbocycles. The van der Waals surface area contributed by atoms with Gasteiger partial charge in [-0.3, -0.25) is 0 Å². The van der Waals surface area contributed by atoms with E-state index >= 15 is 0 Å². The molecule has 0 aliphatic carbocycles. The summed E-state index contributed by atoms with van der Waals surface area (Å²) in [7, 11) is 0. The SMILES string of the molecule is c1ccc(-c2cccc(-c3cc4ccccc4o3)c2-c2cc3ccccc3o2)cc1. The Morgan fingerprint density at radius 1 is 0.433 bits per heavy atom. The summed E-state index contributed by atoms with van der Waals surface area (Å²) in [6, 6.07) is 37.2. The van der Waals surface area contributed by atoms with Crippen molar-refractivity contribution < 1.29 is 8.83 Å². The second-order valence-electron chi connectivity index (χ2n) is 7.39. The molecule has 0 atom stereocenters. The van der Waals surface area contributed by atoms with Crippen molar-refractivity contribution in [3.05, 3.63) is 109 Å². The molecule has 30 heavy (non-hydrogen) atoms. The molecular weight excluding hydrogens is 368 g/mol. The van der Waals surface area contributed by atoms with Gasteiger partial charge in [-0.25, -0.2) is 0 Å². The smallest absolute Gasteiger partial charge is 0.136 e. The Labute approximate surface area is 174 Å². The van der Waals surface area contributed by atoms with Crippen LogP contribution in [0.3, 0.4) is 0 Å². The van der Waals surface area contributed by atoms with Crippen LogP contribution in [-0.4, -0.2) is 0 Å². The lowest BCUT2D eigenvalue weighted by Crippen LogP contribution is -1.88. The molecule has 2 aromatic heterocycles. The fourth-order valence-electron chi connectivity index (χ4n) is 4.10. The van der Waals surface area contributed by atoms with Crippen molar-refractivity contribution in [2.24, 2.45) is 0 Å². The van der Waals surface area contributed by atoms with Crippen LogP contribution >= 0.6 is 0 Å². The van der Waals surface area contributed by atoms with E-state index < -0.39 is 0 Å². The molecule has 4 aromatic carbocycles. The number of furan rings is 2. The highest BCUT2D eigenvalue weighted by atomic mass is 16.3. The fourth-order valence-corrected chi connectivity index (χ4v) is 4.10. The Morgan fingerprint density at radius 2 is 1.00 bits per heavy atom. The first kappa shape index (κ1) is 16.9. The van der Waals surface area contributed by atoms with Crippen LogP contribution in [0.4, 0.5) is 0 Å². The van der Waals surface area contributed by atoms with Gasteiger partial charge in [0.15, 0.2) is 0 Å². The standard InChI is InChI=1S/C28H18O2/c1-2-9-19(10-3-1)22-13-8-14-23(26-17-20-11-4-6-15-24(20)29-26)28(22)27-18-21-12-5-7-16-25(21)30-27/h1-18H. The maximum Gasteiger partial charge on any atom is 0.136 e. The van der Waals surface area contributed by atoms with Gasteiger partial charge in [0.25, 0.3) is 0 Å². The number of benzene rings is 4. The monoisotopic (exact) mass is 386 g/mol. The van der Waals surface area contributed by atoms with Gasteiger partial charge in [-0.2, -0.15) is 0 Å². The molecule has 0 radical (unpaired) electrons. The van der Waals surface area contributed by atoms with E-state index in [0.717, 1.165) is 55.7 Å². The molecule has 2 heterocycles. The third-order valence-electron chi connectivity index (χ3n) is 5.51. The summed E-state index contributed by atoms with van der Waals surface area (Å²) >= 11 is 0. The largest absolute Gasteiger partial charge is 0.456 e. The van der Waals surface area contributed by atoms with Gasteiger partial charge >= 0.3 is 0 Å². The number of fused-ring (bicyclic) bond motifs is 2. The highest BCUT2D eigenvalue weighted by Crippen LogP contribution is 2.43. The van der Waals surface area contributed by atoms with Crippen molar-refractivity contribution in [3.8, 4) is 33.8 Å². The first-order chi connectivity index (χ1) is 14.9. The summed E-state index contributed by atoms with van der Waals surface area (Å²) in [5.41, 5.74) is 6.09. The van der Waals surface area contributed by atoms with Crippen LogP contribution in [0.1, 0.15) is 0 Å². The molecule has 0 N–H and O–H groups in total. The third-order valence-corrected chi connectivity index (χ3v) is 5.51. The van der Waals surface area contributed by atoms with Gasteiger partial charge in [-0.15, -0.1) is 0 Å². The van der Waals surface area contributed by atoms with Crippen molar-refractivity contribution in [3.63, 3.8) is 0 Å². The number of hydrogen-bond acceptors (Lipinski definition) is 2. The Bertz CT molecular complexity index is 1420. The van der Waals surface area contributed by atoms with Gasteiger partial charge in [0.05, 0.1) is 0 Å². The van der Waals surface area contributed by atoms with Crippen LogP contribution in [-0.2, 0) is 0 Å². The topological polar surface area (TPSA) is 26.3 Å². The zero-order valence-corrected chi connectivity index (χ0v) is 16.2. The predicted octanol–water partition coefficient (Wildman–Crippen LogP) is 8.18. The third kappa shape index (κ3) is 2.73. The van der Waals surface area contributed by atoms with Crippen LogP contribution < -0.4 is 0 Å². The number of hydrogen-bond donors (Lipinski definition) is 0. The minimum Gasteiger partial charge on any atom is -0.456 e. The number of para-hydroxylation sites is 2. The second kappa shape index (κ2) is 6.78. The lowest BCUT2D eigenvalue weighted by molar-refractivity contribution is 0.624. The van der Waals surface area contributed by atoms with Crippen molar-refractivity contribution in [2.75, 3.05) is 0 Å². The van der Waals surface area contributed by atoms with E-state index in [-0.39, 0.29) is 0 Å². The zero-order valence-electron chi connectivity index (χ0n) is 16.2. The lowest BCUT2D eigenvalue weighted by Gasteiger charge is -2.12. The van der Waals surface area contributed by atoms with E-state index in [0.29, 0.717) is 0 Å². The van der Waals surface area contributed by atoms with Gasteiger partial charge in [0, 0.05) is 21.9 Å². The summed E-state index contributed by atoms with van der Waals surface area (Å²) in [5.74, 6) is 1.68. The minimum absolute atomic E-state index is 0.837. The van der Waals surface area contributed by atoms with Crippen LogP contribution in [0.5, 0.6) is 0 Å². The van der Waals surface area contributed by atoms with Crippen molar-refractivity contribution in [1.82, 2.24) is 0 Å². The van der Waals surface area contributed by atoms with Crippen molar-refractivity contribution in [2.45, 2.75) is 0 Å². The molecule has 0 aliphatic rings. The van der Waals surface area contributed by atoms with E-state index in [1.807, 2.05) is 42.5 Å². The molecule has 0 unspecified atom stereocenters. The average molecular weight is 386 g/mol. The Hall–Kier alpha value is -4.04. The molecule has 0 bridgehead atoms. The zero-order chi connectivity index (χ0) is 19.9. The molecule has 2 nitrogen and oxygen atoms in total. The fraction of sp³-hybridized carbons (Fsp3) is 0.